The highest BCUT2D eigenvalue weighted by Crippen LogP contribution is 2.45. The van der Waals surface area contributed by atoms with Gasteiger partial charge in [0.05, 0.1) is 6.54 Å². The zero-order valence-electron chi connectivity index (χ0n) is 14.0. The molecule has 4 aliphatic heterocycles. The van der Waals surface area contributed by atoms with Gasteiger partial charge in [0.1, 0.15) is 10.6 Å². The topological polar surface area (TPSA) is 58.8 Å². The van der Waals surface area contributed by atoms with Gasteiger partial charge in [-0.05, 0) is 55.8 Å². The van der Waals surface area contributed by atoms with Crippen LogP contribution in [0.1, 0.15) is 12.8 Å². The van der Waals surface area contributed by atoms with Crippen LogP contribution in [0.15, 0.2) is 36.4 Å². The first-order valence-electron chi connectivity index (χ1n) is 8.82. The number of rotatable bonds is 2. The van der Waals surface area contributed by atoms with Crippen molar-refractivity contribution >= 4 is 28.1 Å². The molecule has 5 nitrogen and oxygen atoms in total. The Morgan fingerprint density at radius 2 is 2.00 bits per heavy atom. The Morgan fingerprint density at radius 3 is 2.72 bits per heavy atom. The van der Waals surface area contributed by atoms with Gasteiger partial charge in [0.25, 0.3) is 0 Å². The number of benzene rings is 1. The zero-order chi connectivity index (χ0) is 17.0. The largest absolute Gasteiger partial charge is 0.439 e. The lowest BCUT2D eigenvalue weighted by molar-refractivity contribution is -0.0881. The van der Waals surface area contributed by atoms with E-state index in [1.165, 1.54) is 0 Å². The van der Waals surface area contributed by atoms with Gasteiger partial charge in [0, 0.05) is 23.0 Å². The van der Waals surface area contributed by atoms with Crippen molar-refractivity contribution in [3.8, 4) is 10.4 Å². The lowest BCUT2D eigenvalue weighted by Gasteiger charge is -2.49. The molecule has 1 unspecified atom stereocenters. The van der Waals surface area contributed by atoms with Gasteiger partial charge in [-0.1, -0.05) is 12.1 Å². The third-order valence-corrected chi connectivity index (χ3v) is 6.95. The normalized spacial score (nSPS) is 30.9. The van der Waals surface area contributed by atoms with E-state index in [0.717, 1.165) is 53.6 Å². The van der Waals surface area contributed by atoms with Gasteiger partial charge in [0.2, 0.25) is 0 Å². The van der Waals surface area contributed by atoms with E-state index in [9.17, 15) is 4.79 Å². The molecule has 6 rings (SSSR count). The highest BCUT2D eigenvalue weighted by Gasteiger charge is 2.55. The first-order valence-corrected chi connectivity index (χ1v) is 9.63. The van der Waals surface area contributed by atoms with Crippen LogP contribution in [0.2, 0.25) is 0 Å². The van der Waals surface area contributed by atoms with Gasteiger partial charge in [-0.25, -0.2) is 4.79 Å². The number of carbonyl (C=O) groups excluding carboxylic acids is 1. The van der Waals surface area contributed by atoms with Crippen molar-refractivity contribution < 1.29 is 9.53 Å². The van der Waals surface area contributed by atoms with E-state index in [1.54, 1.807) is 11.3 Å². The van der Waals surface area contributed by atoms with Crippen molar-refractivity contribution in [2.75, 3.05) is 36.8 Å². The zero-order valence-corrected chi connectivity index (χ0v) is 14.8. The van der Waals surface area contributed by atoms with Crippen LogP contribution in [0, 0.1) is 5.92 Å². The van der Waals surface area contributed by atoms with E-state index >= 15 is 0 Å². The van der Waals surface area contributed by atoms with Crippen LogP contribution in [-0.4, -0.2) is 42.8 Å². The number of anilines is 2. The van der Waals surface area contributed by atoms with Gasteiger partial charge in [-0.15, -0.1) is 11.3 Å². The molecule has 1 spiro atoms. The Labute approximate surface area is 151 Å². The number of amides is 1. The van der Waals surface area contributed by atoms with Gasteiger partial charge >= 0.3 is 6.09 Å². The van der Waals surface area contributed by atoms with Crippen molar-refractivity contribution in [2.45, 2.75) is 18.4 Å². The molecule has 2 bridgehead atoms. The van der Waals surface area contributed by atoms with E-state index < -0.39 is 0 Å². The predicted molar refractivity (Wildman–Crippen MR) is 99.9 cm³/mol. The first kappa shape index (κ1) is 15.2. The molecule has 1 amide bonds. The molecular formula is C19H21N3O2S. The van der Waals surface area contributed by atoms with Crippen LogP contribution in [0.25, 0.3) is 10.4 Å². The summed E-state index contributed by atoms with van der Waals surface area (Å²) in [7, 11) is 0. The smallest absolute Gasteiger partial charge is 0.415 e. The minimum atomic E-state index is -0.311. The fraction of sp³-hybridized carbons (Fsp3) is 0.421. The fourth-order valence-electron chi connectivity index (χ4n) is 4.50. The third-order valence-electron chi connectivity index (χ3n) is 5.79. The molecule has 1 atom stereocenters. The molecule has 4 saturated heterocycles. The van der Waals surface area contributed by atoms with Gasteiger partial charge in [0.15, 0.2) is 0 Å². The Hall–Kier alpha value is -2.05. The van der Waals surface area contributed by atoms with Crippen molar-refractivity contribution in [3.63, 3.8) is 0 Å². The minimum Gasteiger partial charge on any atom is -0.439 e. The van der Waals surface area contributed by atoms with Gasteiger partial charge in [-0.3, -0.25) is 9.80 Å². The van der Waals surface area contributed by atoms with Crippen LogP contribution in [0.5, 0.6) is 0 Å². The average molecular weight is 355 g/mol. The summed E-state index contributed by atoms with van der Waals surface area (Å²) in [6.45, 7) is 3.84. The van der Waals surface area contributed by atoms with E-state index in [0.29, 0.717) is 12.5 Å². The molecule has 2 aromatic rings. The highest BCUT2D eigenvalue weighted by atomic mass is 32.1. The number of nitrogens with zero attached hydrogens (tertiary/aromatic N) is 2. The summed E-state index contributed by atoms with van der Waals surface area (Å²) in [4.78, 5) is 18.0. The van der Waals surface area contributed by atoms with Crippen LogP contribution >= 0.6 is 11.3 Å². The number of fused-ring (bicyclic) bond motifs is 2. The number of hydrogen-bond acceptors (Lipinski definition) is 5. The second-order valence-electron chi connectivity index (χ2n) is 7.33. The summed E-state index contributed by atoms with van der Waals surface area (Å²) in [5.41, 5.74) is 7.41. The molecule has 0 radical (unpaired) electrons. The van der Waals surface area contributed by atoms with Crippen molar-refractivity contribution in [2.24, 2.45) is 5.92 Å². The molecule has 0 saturated carbocycles. The average Bonchev–Trinajstić information content (AvgIpc) is 3.21. The van der Waals surface area contributed by atoms with E-state index in [-0.39, 0.29) is 11.7 Å². The predicted octanol–water partition coefficient (Wildman–Crippen LogP) is 3.42. The van der Waals surface area contributed by atoms with Gasteiger partial charge < -0.3 is 10.5 Å². The highest BCUT2D eigenvalue weighted by molar-refractivity contribution is 7.19. The van der Waals surface area contributed by atoms with Crippen LogP contribution in [-0.2, 0) is 4.74 Å². The molecule has 4 fully saturated rings. The first-order chi connectivity index (χ1) is 12.1. The molecule has 1 aromatic heterocycles. The summed E-state index contributed by atoms with van der Waals surface area (Å²) in [5, 5.41) is 0.954. The van der Waals surface area contributed by atoms with Crippen LogP contribution in [0.4, 0.5) is 15.5 Å². The minimum absolute atomic E-state index is 0.199. The Morgan fingerprint density at radius 1 is 1.16 bits per heavy atom. The summed E-state index contributed by atoms with van der Waals surface area (Å²) in [6.07, 6.45) is 2.08. The molecule has 25 heavy (non-hydrogen) atoms. The number of hydrogen-bond donors (Lipinski definition) is 1. The maximum absolute atomic E-state index is 12.6. The molecular weight excluding hydrogens is 334 g/mol. The monoisotopic (exact) mass is 355 g/mol. The fourth-order valence-corrected chi connectivity index (χ4v) is 5.49. The molecule has 4 aliphatic rings. The van der Waals surface area contributed by atoms with Crippen molar-refractivity contribution in [3.05, 3.63) is 36.4 Å². The van der Waals surface area contributed by atoms with E-state index in [1.807, 2.05) is 35.2 Å². The van der Waals surface area contributed by atoms with Crippen molar-refractivity contribution in [1.29, 1.82) is 0 Å². The van der Waals surface area contributed by atoms with Crippen molar-refractivity contribution in [1.82, 2.24) is 4.90 Å². The van der Waals surface area contributed by atoms with Crippen LogP contribution in [0.3, 0.4) is 0 Å². The molecule has 2 N–H and O–H groups in total. The third kappa shape index (κ3) is 2.43. The number of carbonyl (C=O) groups is 1. The molecule has 6 heteroatoms. The lowest BCUT2D eigenvalue weighted by Crippen LogP contribution is -2.61. The van der Waals surface area contributed by atoms with Crippen LogP contribution < -0.4 is 10.6 Å². The lowest BCUT2D eigenvalue weighted by atomic mass is 9.75. The molecule has 0 aliphatic carbocycles. The van der Waals surface area contributed by atoms with E-state index in [2.05, 4.69) is 11.0 Å². The quantitative estimate of drug-likeness (QED) is 0.839. The second kappa shape index (κ2) is 5.47. The SMILES string of the molecule is Nc1cccc(-c2ccc(N3CC4(CN5CCC4CC5)OC3=O)s2)c1. The number of nitrogen functional groups attached to an aromatic ring is 1. The number of ether oxygens (including phenoxy) is 1. The Balaban J connectivity index is 1.42. The molecule has 5 heterocycles. The summed E-state index contributed by atoms with van der Waals surface area (Å²) in [6, 6.07) is 11.9. The van der Waals surface area contributed by atoms with E-state index in [4.69, 9.17) is 10.5 Å². The molecule has 1 aromatic carbocycles. The second-order valence-corrected chi connectivity index (χ2v) is 8.39. The standard InChI is InChI=1S/C19H21N3O2S/c20-15-3-1-2-13(10-15)16-4-5-17(25-16)22-12-19(24-18(22)23)11-21-8-6-14(19)7-9-21/h1-5,10,14H,6-9,11-12,20H2. The Kier molecular flexibility index (Phi) is 3.33. The molecule has 130 valence electrons. The number of thiophene rings is 1. The summed E-state index contributed by atoms with van der Waals surface area (Å²) < 4.78 is 5.96. The Bertz CT molecular complexity index is 828. The maximum Gasteiger partial charge on any atom is 0.415 e. The maximum atomic E-state index is 12.6. The summed E-state index contributed by atoms with van der Waals surface area (Å²) in [5.74, 6) is 0.500. The summed E-state index contributed by atoms with van der Waals surface area (Å²) >= 11 is 1.62. The number of nitrogens with two attached hydrogens (primary N) is 1. The van der Waals surface area contributed by atoms with Gasteiger partial charge in [-0.2, -0.15) is 0 Å². The number of piperidine rings is 3.